The number of nitrogens with one attached hydrogen (secondary N) is 1. The number of benzene rings is 1. The topological polar surface area (TPSA) is 35.5 Å². The van der Waals surface area contributed by atoms with Gasteiger partial charge in [-0.25, -0.2) is 4.39 Å². The molecule has 0 radical (unpaired) electrons. The Bertz CT molecular complexity index is 436. The van der Waals surface area contributed by atoms with Crippen LogP contribution in [0.1, 0.15) is 32.3 Å². The maximum Gasteiger partial charge on any atom is 0.146 e. The van der Waals surface area contributed by atoms with E-state index < -0.39 is 0 Å². The minimum Gasteiger partial charge on any atom is -0.393 e. The highest BCUT2D eigenvalue weighted by atomic mass is 19.1. The summed E-state index contributed by atoms with van der Waals surface area (Å²) in [5.74, 6) is 0.0901. The van der Waals surface area contributed by atoms with E-state index in [0.29, 0.717) is 12.2 Å². The van der Waals surface area contributed by atoms with Crippen LogP contribution in [0.5, 0.6) is 0 Å². The molecule has 0 spiro atoms. The molecule has 3 nitrogen and oxygen atoms in total. The fourth-order valence-corrected chi connectivity index (χ4v) is 2.73. The summed E-state index contributed by atoms with van der Waals surface area (Å²) in [6, 6.07) is 5.47. The van der Waals surface area contributed by atoms with Gasteiger partial charge >= 0.3 is 0 Å². The number of halogens is 1. The van der Waals surface area contributed by atoms with Crippen molar-refractivity contribution in [2.24, 2.45) is 5.92 Å². The lowest BCUT2D eigenvalue weighted by Crippen LogP contribution is -2.24. The van der Waals surface area contributed by atoms with E-state index in [1.807, 2.05) is 24.0 Å². The van der Waals surface area contributed by atoms with Gasteiger partial charge in [-0.15, -0.1) is 0 Å². The molecule has 0 amide bonds. The van der Waals surface area contributed by atoms with Crippen molar-refractivity contribution in [3.8, 4) is 0 Å². The van der Waals surface area contributed by atoms with Crippen LogP contribution in [-0.4, -0.2) is 30.8 Å². The van der Waals surface area contributed by atoms with Crippen molar-refractivity contribution < 1.29 is 9.50 Å². The molecule has 0 saturated carbocycles. The summed E-state index contributed by atoms with van der Waals surface area (Å²) in [6.45, 7) is 7.14. The first-order chi connectivity index (χ1) is 9.61. The SMILES string of the molecule is CCCNCc1ccc(N2CCC(C(C)O)C2)c(F)c1. The monoisotopic (exact) mass is 280 g/mol. The van der Waals surface area contributed by atoms with E-state index in [0.717, 1.165) is 38.0 Å². The number of nitrogens with zero attached hydrogens (tertiary/aromatic N) is 1. The third-order valence-electron chi connectivity index (χ3n) is 4.02. The van der Waals surface area contributed by atoms with Crippen LogP contribution in [-0.2, 0) is 6.54 Å². The summed E-state index contributed by atoms with van der Waals surface area (Å²) in [4.78, 5) is 2.04. The Kier molecular flexibility index (Phi) is 5.38. The van der Waals surface area contributed by atoms with E-state index in [4.69, 9.17) is 0 Å². The zero-order chi connectivity index (χ0) is 14.5. The van der Waals surface area contributed by atoms with Crippen LogP contribution in [0.3, 0.4) is 0 Å². The van der Waals surface area contributed by atoms with Gasteiger partial charge in [-0.05, 0) is 44.0 Å². The van der Waals surface area contributed by atoms with Gasteiger partial charge in [0.05, 0.1) is 11.8 Å². The molecular formula is C16H25FN2O. The highest BCUT2D eigenvalue weighted by molar-refractivity contribution is 5.50. The highest BCUT2D eigenvalue weighted by Crippen LogP contribution is 2.28. The van der Waals surface area contributed by atoms with Crippen LogP contribution in [0, 0.1) is 11.7 Å². The van der Waals surface area contributed by atoms with Crippen molar-refractivity contribution >= 4 is 5.69 Å². The van der Waals surface area contributed by atoms with E-state index in [9.17, 15) is 9.50 Å². The van der Waals surface area contributed by atoms with Gasteiger partial charge in [0.15, 0.2) is 0 Å². The molecule has 2 N–H and O–H groups in total. The van der Waals surface area contributed by atoms with Gasteiger partial charge in [-0.3, -0.25) is 0 Å². The molecule has 1 aliphatic rings. The molecule has 0 bridgehead atoms. The summed E-state index contributed by atoms with van der Waals surface area (Å²) in [5, 5.41) is 12.9. The molecule has 0 aromatic heterocycles. The van der Waals surface area contributed by atoms with E-state index in [-0.39, 0.29) is 17.8 Å². The lowest BCUT2D eigenvalue weighted by atomic mass is 10.0. The molecule has 20 heavy (non-hydrogen) atoms. The van der Waals surface area contributed by atoms with E-state index in [1.54, 1.807) is 6.07 Å². The summed E-state index contributed by atoms with van der Waals surface area (Å²) >= 11 is 0. The van der Waals surface area contributed by atoms with Crippen molar-refractivity contribution in [1.82, 2.24) is 5.32 Å². The zero-order valence-corrected chi connectivity index (χ0v) is 12.4. The van der Waals surface area contributed by atoms with Crippen LogP contribution in [0.25, 0.3) is 0 Å². The molecule has 1 saturated heterocycles. The summed E-state index contributed by atoms with van der Waals surface area (Å²) in [6.07, 6.45) is 1.69. The molecule has 0 aliphatic carbocycles. The van der Waals surface area contributed by atoms with Crippen molar-refractivity contribution in [1.29, 1.82) is 0 Å². The van der Waals surface area contributed by atoms with E-state index >= 15 is 0 Å². The van der Waals surface area contributed by atoms with Gasteiger partial charge in [0, 0.05) is 25.6 Å². The van der Waals surface area contributed by atoms with E-state index in [1.165, 1.54) is 0 Å². The minimum absolute atomic E-state index is 0.160. The van der Waals surface area contributed by atoms with Gasteiger partial charge in [0.2, 0.25) is 0 Å². The van der Waals surface area contributed by atoms with Crippen molar-refractivity contribution in [3.05, 3.63) is 29.6 Å². The van der Waals surface area contributed by atoms with Gasteiger partial charge in [0.1, 0.15) is 5.82 Å². The van der Waals surface area contributed by atoms with Crippen LogP contribution in [0.2, 0.25) is 0 Å². The molecule has 2 rings (SSSR count). The first-order valence-corrected chi connectivity index (χ1v) is 7.54. The Balaban J connectivity index is 1.99. The number of hydrogen-bond donors (Lipinski definition) is 2. The van der Waals surface area contributed by atoms with Crippen LogP contribution < -0.4 is 10.2 Å². The Morgan fingerprint density at radius 1 is 1.50 bits per heavy atom. The maximum absolute atomic E-state index is 14.2. The largest absolute Gasteiger partial charge is 0.393 e. The second kappa shape index (κ2) is 7.04. The Hall–Kier alpha value is -1.13. The predicted molar refractivity (Wildman–Crippen MR) is 80.4 cm³/mol. The first-order valence-electron chi connectivity index (χ1n) is 7.54. The summed E-state index contributed by atoms with van der Waals surface area (Å²) < 4.78 is 14.2. The van der Waals surface area contributed by atoms with Gasteiger partial charge in [0.25, 0.3) is 0 Å². The van der Waals surface area contributed by atoms with Gasteiger partial charge in [-0.2, -0.15) is 0 Å². The molecule has 1 fully saturated rings. The van der Waals surface area contributed by atoms with Crippen molar-refractivity contribution in [2.45, 2.75) is 39.3 Å². The number of anilines is 1. The molecule has 2 atom stereocenters. The molecule has 4 heteroatoms. The number of aliphatic hydroxyl groups is 1. The van der Waals surface area contributed by atoms with Crippen molar-refractivity contribution in [2.75, 3.05) is 24.5 Å². The summed E-state index contributed by atoms with van der Waals surface area (Å²) in [7, 11) is 0. The molecule has 112 valence electrons. The Morgan fingerprint density at radius 2 is 2.30 bits per heavy atom. The molecular weight excluding hydrogens is 255 g/mol. The molecule has 1 heterocycles. The smallest absolute Gasteiger partial charge is 0.146 e. The Morgan fingerprint density at radius 3 is 2.90 bits per heavy atom. The normalized spacial score (nSPS) is 20.4. The maximum atomic E-state index is 14.2. The van der Waals surface area contributed by atoms with Crippen LogP contribution in [0.4, 0.5) is 10.1 Å². The lowest BCUT2D eigenvalue weighted by Gasteiger charge is -2.20. The van der Waals surface area contributed by atoms with Crippen LogP contribution >= 0.6 is 0 Å². The lowest BCUT2D eigenvalue weighted by molar-refractivity contribution is 0.136. The molecule has 1 aromatic carbocycles. The number of aliphatic hydroxyl groups excluding tert-OH is 1. The third-order valence-corrected chi connectivity index (χ3v) is 4.02. The highest BCUT2D eigenvalue weighted by Gasteiger charge is 2.27. The third kappa shape index (κ3) is 3.70. The number of rotatable bonds is 6. The second-order valence-electron chi connectivity index (χ2n) is 5.70. The van der Waals surface area contributed by atoms with Gasteiger partial charge < -0.3 is 15.3 Å². The Labute approximate surface area is 120 Å². The number of hydrogen-bond acceptors (Lipinski definition) is 3. The molecule has 1 aromatic rings. The average molecular weight is 280 g/mol. The fourth-order valence-electron chi connectivity index (χ4n) is 2.73. The first kappa shape index (κ1) is 15.3. The fraction of sp³-hybridized carbons (Fsp3) is 0.625. The summed E-state index contributed by atoms with van der Waals surface area (Å²) in [5.41, 5.74) is 1.64. The van der Waals surface area contributed by atoms with Crippen LogP contribution in [0.15, 0.2) is 18.2 Å². The standard InChI is InChI=1S/C16H25FN2O/c1-3-7-18-10-13-4-5-16(15(17)9-13)19-8-6-14(11-19)12(2)20/h4-5,9,12,14,18,20H,3,6-8,10-11H2,1-2H3. The van der Waals surface area contributed by atoms with E-state index in [2.05, 4.69) is 12.2 Å². The average Bonchev–Trinajstić information content (AvgIpc) is 2.89. The van der Waals surface area contributed by atoms with Gasteiger partial charge in [-0.1, -0.05) is 13.0 Å². The quantitative estimate of drug-likeness (QED) is 0.786. The molecule has 2 unspecified atom stereocenters. The zero-order valence-electron chi connectivity index (χ0n) is 12.4. The van der Waals surface area contributed by atoms with Crippen molar-refractivity contribution in [3.63, 3.8) is 0 Å². The predicted octanol–water partition coefficient (Wildman–Crippen LogP) is 2.53. The minimum atomic E-state index is -0.319. The second-order valence-corrected chi connectivity index (χ2v) is 5.70. The molecule has 1 aliphatic heterocycles.